The third kappa shape index (κ3) is 1.73. The smallest absolute Gasteiger partial charge is 0.261 e. The monoisotopic (exact) mass is 216 g/mol. The van der Waals surface area contributed by atoms with Crippen LogP contribution < -0.4 is 5.56 Å². The molecule has 3 nitrogen and oxygen atoms in total. The average molecular weight is 216 g/mol. The van der Waals surface area contributed by atoms with Gasteiger partial charge in [-0.15, -0.1) is 0 Å². The van der Waals surface area contributed by atoms with Gasteiger partial charge in [0.15, 0.2) is 0 Å². The van der Waals surface area contributed by atoms with Gasteiger partial charge in [0.05, 0.1) is 17.2 Å². The van der Waals surface area contributed by atoms with Crippen molar-refractivity contribution in [3.05, 3.63) is 40.9 Å². The van der Waals surface area contributed by atoms with Crippen LogP contribution in [0.2, 0.25) is 0 Å². The molecule has 3 heteroatoms. The first kappa shape index (κ1) is 10.9. The summed E-state index contributed by atoms with van der Waals surface area (Å²) in [6, 6.07) is 7.63. The highest BCUT2D eigenvalue weighted by atomic mass is 16.1. The van der Waals surface area contributed by atoms with Crippen LogP contribution in [0, 0.1) is 5.92 Å². The molecule has 1 heterocycles. The number of aromatic nitrogens is 2. The van der Waals surface area contributed by atoms with Gasteiger partial charge in [-0.2, -0.15) is 0 Å². The van der Waals surface area contributed by atoms with Gasteiger partial charge in [0, 0.05) is 6.04 Å². The van der Waals surface area contributed by atoms with Crippen molar-refractivity contribution in [1.29, 1.82) is 0 Å². The normalized spacial score (nSPS) is 13.2. The minimum atomic E-state index is 0.0480. The molecule has 1 aromatic heterocycles. The van der Waals surface area contributed by atoms with Gasteiger partial charge in [-0.1, -0.05) is 26.0 Å². The first-order valence-electron chi connectivity index (χ1n) is 5.57. The molecule has 2 rings (SSSR count). The zero-order valence-corrected chi connectivity index (χ0v) is 9.84. The summed E-state index contributed by atoms with van der Waals surface area (Å²) in [5.41, 5.74) is 0.812. The fourth-order valence-electron chi connectivity index (χ4n) is 1.69. The first-order valence-corrected chi connectivity index (χ1v) is 5.57. The van der Waals surface area contributed by atoms with Gasteiger partial charge in [0.2, 0.25) is 0 Å². The zero-order chi connectivity index (χ0) is 11.7. The van der Waals surface area contributed by atoms with E-state index in [1.54, 1.807) is 10.9 Å². The summed E-state index contributed by atoms with van der Waals surface area (Å²) < 4.78 is 1.72. The lowest BCUT2D eigenvalue weighted by atomic mass is 10.1. The van der Waals surface area contributed by atoms with Gasteiger partial charge < -0.3 is 0 Å². The summed E-state index contributed by atoms with van der Waals surface area (Å²) in [6.45, 7) is 6.25. The highest BCUT2D eigenvalue weighted by molar-refractivity contribution is 5.76. The second kappa shape index (κ2) is 4.08. The van der Waals surface area contributed by atoms with E-state index in [0.29, 0.717) is 11.3 Å². The SMILES string of the molecule is CC(C)C(C)n1cnc2ccccc2c1=O. The Kier molecular flexibility index (Phi) is 2.77. The second-order valence-corrected chi connectivity index (χ2v) is 4.46. The molecule has 0 aliphatic carbocycles. The molecule has 0 saturated heterocycles. The quantitative estimate of drug-likeness (QED) is 0.773. The molecule has 16 heavy (non-hydrogen) atoms. The summed E-state index contributed by atoms with van der Waals surface area (Å²) in [4.78, 5) is 16.5. The van der Waals surface area contributed by atoms with Crippen molar-refractivity contribution in [2.45, 2.75) is 26.8 Å². The summed E-state index contributed by atoms with van der Waals surface area (Å²) in [6.07, 6.45) is 1.65. The molecule has 0 fully saturated rings. The molecule has 0 amide bonds. The minimum Gasteiger partial charge on any atom is -0.296 e. The average Bonchev–Trinajstić information content (AvgIpc) is 2.29. The Morgan fingerprint density at radius 1 is 1.19 bits per heavy atom. The minimum absolute atomic E-state index is 0.0480. The van der Waals surface area contributed by atoms with E-state index in [4.69, 9.17) is 0 Å². The Bertz CT molecular complexity index is 557. The Balaban J connectivity index is 2.66. The number of hydrogen-bond donors (Lipinski definition) is 0. The Hall–Kier alpha value is -1.64. The van der Waals surface area contributed by atoms with E-state index >= 15 is 0 Å². The molecule has 2 aromatic rings. The Morgan fingerprint density at radius 2 is 1.88 bits per heavy atom. The third-order valence-electron chi connectivity index (χ3n) is 3.09. The number of para-hydroxylation sites is 1. The maximum atomic E-state index is 12.2. The van der Waals surface area contributed by atoms with Crippen LogP contribution in [-0.4, -0.2) is 9.55 Å². The van der Waals surface area contributed by atoms with E-state index in [1.165, 1.54) is 0 Å². The first-order chi connectivity index (χ1) is 7.61. The van der Waals surface area contributed by atoms with Crippen molar-refractivity contribution in [3.8, 4) is 0 Å². The van der Waals surface area contributed by atoms with E-state index in [-0.39, 0.29) is 11.6 Å². The summed E-state index contributed by atoms with van der Waals surface area (Å²) >= 11 is 0. The summed E-state index contributed by atoms with van der Waals surface area (Å²) in [7, 11) is 0. The van der Waals surface area contributed by atoms with Crippen LogP contribution in [-0.2, 0) is 0 Å². The standard InChI is InChI=1S/C13H16N2O/c1-9(2)10(3)15-8-14-12-7-5-4-6-11(12)13(15)16/h4-10H,1-3H3. The molecular weight excluding hydrogens is 200 g/mol. The van der Waals surface area contributed by atoms with E-state index in [9.17, 15) is 4.79 Å². The Morgan fingerprint density at radius 3 is 2.56 bits per heavy atom. The lowest BCUT2D eigenvalue weighted by Crippen LogP contribution is -2.26. The molecule has 0 spiro atoms. The van der Waals surface area contributed by atoms with Crippen LogP contribution in [0.5, 0.6) is 0 Å². The highest BCUT2D eigenvalue weighted by Gasteiger charge is 2.12. The number of rotatable bonds is 2. The molecule has 0 N–H and O–H groups in total. The van der Waals surface area contributed by atoms with Gasteiger partial charge in [0.1, 0.15) is 0 Å². The van der Waals surface area contributed by atoms with Crippen molar-refractivity contribution in [1.82, 2.24) is 9.55 Å². The number of hydrogen-bond acceptors (Lipinski definition) is 2. The van der Waals surface area contributed by atoms with Gasteiger partial charge in [-0.05, 0) is 25.0 Å². The fraction of sp³-hybridized carbons (Fsp3) is 0.385. The summed E-state index contributed by atoms with van der Waals surface area (Å²) in [5.74, 6) is 0.417. The van der Waals surface area contributed by atoms with Crippen LogP contribution in [0.3, 0.4) is 0 Å². The predicted molar refractivity (Wildman–Crippen MR) is 65.6 cm³/mol. The zero-order valence-electron chi connectivity index (χ0n) is 9.84. The van der Waals surface area contributed by atoms with Gasteiger partial charge in [-0.25, -0.2) is 4.98 Å². The molecule has 84 valence electrons. The maximum Gasteiger partial charge on any atom is 0.261 e. The van der Waals surface area contributed by atoms with Crippen LogP contribution in [0.15, 0.2) is 35.4 Å². The van der Waals surface area contributed by atoms with Gasteiger partial charge >= 0.3 is 0 Å². The Labute approximate surface area is 94.7 Å². The molecule has 1 aromatic carbocycles. The van der Waals surface area contributed by atoms with Gasteiger partial charge in [0.25, 0.3) is 5.56 Å². The molecule has 1 atom stereocenters. The van der Waals surface area contributed by atoms with Gasteiger partial charge in [-0.3, -0.25) is 9.36 Å². The molecule has 0 radical (unpaired) electrons. The summed E-state index contributed by atoms with van der Waals surface area (Å²) in [5, 5.41) is 0.692. The van der Waals surface area contributed by atoms with E-state index in [2.05, 4.69) is 18.8 Å². The lowest BCUT2D eigenvalue weighted by Gasteiger charge is -2.18. The van der Waals surface area contributed by atoms with E-state index < -0.39 is 0 Å². The topological polar surface area (TPSA) is 34.9 Å². The van der Waals surface area contributed by atoms with E-state index in [1.807, 2.05) is 31.2 Å². The molecule has 1 unspecified atom stereocenters. The van der Waals surface area contributed by atoms with Crippen LogP contribution in [0.25, 0.3) is 10.9 Å². The molecular formula is C13H16N2O. The highest BCUT2D eigenvalue weighted by Crippen LogP contribution is 2.15. The fourth-order valence-corrected chi connectivity index (χ4v) is 1.69. The number of nitrogens with zero attached hydrogens (tertiary/aromatic N) is 2. The number of fused-ring (bicyclic) bond motifs is 1. The second-order valence-electron chi connectivity index (χ2n) is 4.46. The van der Waals surface area contributed by atoms with Crippen LogP contribution in [0.1, 0.15) is 26.8 Å². The largest absolute Gasteiger partial charge is 0.296 e. The lowest BCUT2D eigenvalue weighted by molar-refractivity contribution is 0.396. The van der Waals surface area contributed by atoms with E-state index in [0.717, 1.165) is 5.52 Å². The third-order valence-corrected chi connectivity index (χ3v) is 3.09. The van der Waals surface area contributed by atoms with Crippen molar-refractivity contribution in [2.24, 2.45) is 5.92 Å². The van der Waals surface area contributed by atoms with Crippen LogP contribution in [0.4, 0.5) is 0 Å². The van der Waals surface area contributed by atoms with Crippen molar-refractivity contribution >= 4 is 10.9 Å². The molecule has 0 aliphatic heterocycles. The molecule has 0 bridgehead atoms. The van der Waals surface area contributed by atoms with Crippen molar-refractivity contribution in [2.75, 3.05) is 0 Å². The van der Waals surface area contributed by atoms with Crippen molar-refractivity contribution < 1.29 is 0 Å². The predicted octanol–water partition coefficient (Wildman–Crippen LogP) is 2.61. The molecule has 0 aliphatic rings. The molecule has 0 saturated carbocycles. The number of benzene rings is 1. The van der Waals surface area contributed by atoms with Crippen molar-refractivity contribution in [3.63, 3.8) is 0 Å². The van der Waals surface area contributed by atoms with Crippen LogP contribution >= 0.6 is 0 Å². The maximum absolute atomic E-state index is 12.2.